The summed E-state index contributed by atoms with van der Waals surface area (Å²) in [5.41, 5.74) is 20.8. The van der Waals surface area contributed by atoms with Gasteiger partial charge < -0.3 is 0 Å². The Morgan fingerprint density at radius 2 is 0.791 bits per heavy atom. The minimum absolute atomic E-state index is 0.377. The van der Waals surface area contributed by atoms with E-state index in [1.54, 1.807) is 0 Å². The number of nitrogens with zero attached hydrogens (tertiary/aromatic N) is 4. The van der Waals surface area contributed by atoms with Crippen molar-refractivity contribution in [2.75, 3.05) is 0 Å². The van der Waals surface area contributed by atoms with Crippen LogP contribution in [0.25, 0.3) is 111 Å². The maximum Gasteiger partial charge on any atom is 0.160 e. The summed E-state index contributed by atoms with van der Waals surface area (Å²) in [6, 6.07) is 82.5. The summed E-state index contributed by atoms with van der Waals surface area (Å²) >= 11 is 0. The van der Waals surface area contributed by atoms with Gasteiger partial charge in [0.05, 0.1) is 39.2 Å². The molecule has 4 nitrogen and oxygen atoms in total. The minimum atomic E-state index is -0.377. The maximum absolute atomic E-state index is 5.37. The van der Waals surface area contributed by atoms with Crippen molar-refractivity contribution in [2.45, 2.75) is 5.41 Å². The molecule has 3 aromatic heterocycles. The molecule has 1 spiro atoms. The Labute approximate surface area is 387 Å². The summed E-state index contributed by atoms with van der Waals surface area (Å²) in [5, 5.41) is 4.24. The Morgan fingerprint density at radius 1 is 0.269 bits per heavy atom. The second-order valence-corrected chi connectivity index (χ2v) is 17.6. The van der Waals surface area contributed by atoms with E-state index in [4.69, 9.17) is 19.9 Å². The summed E-state index contributed by atoms with van der Waals surface area (Å²) in [4.78, 5) is 21.0. The molecule has 0 saturated carbocycles. The van der Waals surface area contributed by atoms with E-state index in [1.807, 2.05) is 42.5 Å². The fourth-order valence-electron chi connectivity index (χ4n) is 11.2. The number of hydrogen-bond donors (Lipinski definition) is 0. The number of aromatic nitrogens is 4. The van der Waals surface area contributed by atoms with Crippen molar-refractivity contribution in [3.8, 4) is 78.7 Å². The number of pyridine rings is 2. The molecule has 0 aliphatic heterocycles. The summed E-state index contributed by atoms with van der Waals surface area (Å²) in [6.07, 6.45) is 0. The molecule has 14 rings (SSSR count). The second-order valence-electron chi connectivity index (χ2n) is 17.6. The van der Waals surface area contributed by atoms with Crippen LogP contribution in [-0.2, 0) is 5.41 Å². The standard InChI is InChI=1S/C63H38N4/c1-3-15-40(16-4-1)58-38-59(67-62(66-58)42-17-5-2-6-18-42)61-60-49(48-22-10-14-26-56(48)65-61)33-36-57-50(60)34-35-55(64-57)41-29-27-39(28-30-41)43-31-32-47-46-21-9-13-25-53(46)63(54(47)37-43)51-23-11-7-19-44(51)45-20-8-12-24-52(45)63/h1-38H. The molecule has 0 amide bonds. The molecule has 3 heterocycles. The smallest absolute Gasteiger partial charge is 0.160 e. The Bertz CT molecular complexity index is 3850. The highest BCUT2D eigenvalue weighted by Gasteiger charge is 2.51. The first-order chi connectivity index (χ1) is 33.2. The third-order valence-corrected chi connectivity index (χ3v) is 14.1. The molecule has 9 aromatic carbocycles. The van der Waals surface area contributed by atoms with Crippen LogP contribution in [0.15, 0.2) is 231 Å². The number of rotatable bonds is 5. The summed E-state index contributed by atoms with van der Waals surface area (Å²) in [5.74, 6) is 0.655. The third-order valence-electron chi connectivity index (χ3n) is 14.1. The van der Waals surface area contributed by atoms with E-state index >= 15 is 0 Å². The van der Waals surface area contributed by atoms with Gasteiger partial charge in [0.2, 0.25) is 0 Å². The van der Waals surface area contributed by atoms with Gasteiger partial charge in [-0.25, -0.2) is 19.9 Å². The molecular formula is C63H38N4. The molecule has 0 N–H and O–H groups in total. The molecule has 0 fully saturated rings. The number of para-hydroxylation sites is 1. The van der Waals surface area contributed by atoms with E-state index in [-0.39, 0.29) is 5.41 Å². The van der Waals surface area contributed by atoms with Crippen LogP contribution in [0.1, 0.15) is 22.3 Å². The van der Waals surface area contributed by atoms with Crippen LogP contribution >= 0.6 is 0 Å². The highest BCUT2D eigenvalue weighted by molar-refractivity contribution is 6.20. The van der Waals surface area contributed by atoms with Crippen LogP contribution in [0, 0.1) is 0 Å². The zero-order valence-electron chi connectivity index (χ0n) is 36.2. The second kappa shape index (κ2) is 14.6. The van der Waals surface area contributed by atoms with Crippen LogP contribution in [0.3, 0.4) is 0 Å². The first-order valence-electron chi connectivity index (χ1n) is 22.9. The monoisotopic (exact) mass is 850 g/mol. The fourth-order valence-corrected chi connectivity index (χ4v) is 11.2. The predicted molar refractivity (Wildman–Crippen MR) is 274 cm³/mol. The molecule has 310 valence electrons. The van der Waals surface area contributed by atoms with Gasteiger partial charge in [0.25, 0.3) is 0 Å². The van der Waals surface area contributed by atoms with Crippen LogP contribution in [-0.4, -0.2) is 19.9 Å². The number of benzene rings is 9. The van der Waals surface area contributed by atoms with Crippen molar-refractivity contribution in [1.29, 1.82) is 0 Å². The molecule has 2 aliphatic carbocycles. The van der Waals surface area contributed by atoms with E-state index in [0.717, 1.165) is 72.0 Å². The van der Waals surface area contributed by atoms with Crippen LogP contribution in [0.5, 0.6) is 0 Å². The van der Waals surface area contributed by atoms with E-state index in [9.17, 15) is 0 Å². The normalized spacial score (nSPS) is 12.9. The van der Waals surface area contributed by atoms with Gasteiger partial charge in [-0.2, -0.15) is 0 Å². The third kappa shape index (κ3) is 5.60. The Hall–Kier alpha value is -8.86. The van der Waals surface area contributed by atoms with E-state index in [2.05, 4.69) is 188 Å². The van der Waals surface area contributed by atoms with Gasteiger partial charge in [-0.05, 0) is 97.4 Å². The first-order valence-corrected chi connectivity index (χ1v) is 22.9. The van der Waals surface area contributed by atoms with Gasteiger partial charge in [-0.1, -0.05) is 194 Å². The zero-order chi connectivity index (χ0) is 44.1. The SMILES string of the molecule is c1ccc(-c2cc(-c3nc4ccccc4c4ccc5nc(-c6ccc(-c7ccc8c(c7)C7(c9ccccc9-c9ccccc97)c7ccccc7-8)cc6)ccc5c34)nc(-c3ccccc3)n2)cc1. The molecule has 12 aromatic rings. The van der Waals surface area contributed by atoms with Crippen molar-refractivity contribution >= 4 is 32.6 Å². The molecule has 67 heavy (non-hydrogen) atoms. The number of hydrogen-bond acceptors (Lipinski definition) is 4. The van der Waals surface area contributed by atoms with Crippen molar-refractivity contribution in [3.05, 3.63) is 253 Å². The largest absolute Gasteiger partial charge is 0.248 e. The molecule has 2 aliphatic rings. The fraction of sp³-hybridized carbons (Fsp3) is 0.0159. The molecular weight excluding hydrogens is 813 g/mol. The summed E-state index contributed by atoms with van der Waals surface area (Å²) in [6.45, 7) is 0. The quantitative estimate of drug-likeness (QED) is 0.162. The van der Waals surface area contributed by atoms with Crippen LogP contribution in [0.4, 0.5) is 0 Å². The lowest BCUT2D eigenvalue weighted by molar-refractivity contribution is 0.794. The van der Waals surface area contributed by atoms with Crippen molar-refractivity contribution < 1.29 is 0 Å². The molecule has 0 atom stereocenters. The van der Waals surface area contributed by atoms with E-state index < -0.39 is 0 Å². The molecule has 0 saturated heterocycles. The Morgan fingerprint density at radius 3 is 1.49 bits per heavy atom. The van der Waals surface area contributed by atoms with Gasteiger partial charge in [-0.3, -0.25) is 0 Å². The maximum atomic E-state index is 5.37. The van der Waals surface area contributed by atoms with E-state index in [1.165, 1.54) is 55.6 Å². The van der Waals surface area contributed by atoms with Gasteiger partial charge in [-0.15, -0.1) is 0 Å². The van der Waals surface area contributed by atoms with Gasteiger partial charge >= 0.3 is 0 Å². The predicted octanol–water partition coefficient (Wildman–Crippen LogP) is 15.4. The van der Waals surface area contributed by atoms with Crippen molar-refractivity contribution in [1.82, 2.24) is 19.9 Å². The Balaban J connectivity index is 0.884. The van der Waals surface area contributed by atoms with Gasteiger partial charge in [0.15, 0.2) is 5.82 Å². The van der Waals surface area contributed by atoms with Gasteiger partial charge in [0.1, 0.15) is 0 Å². The average molecular weight is 851 g/mol. The summed E-state index contributed by atoms with van der Waals surface area (Å²) < 4.78 is 0. The van der Waals surface area contributed by atoms with Crippen molar-refractivity contribution in [2.24, 2.45) is 0 Å². The Kier molecular flexibility index (Phi) is 8.16. The van der Waals surface area contributed by atoms with Crippen molar-refractivity contribution in [3.63, 3.8) is 0 Å². The molecule has 0 bridgehead atoms. The lowest BCUT2D eigenvalue weighted by atomic mass is 9.70. The average Bonchev–Trinajstić information content (AvgIpc) is 3.88. The summed E-state index contributed by atoms with van der Waals surface area (Å²) in [7, 11) is 0. The lowest BCUT2D eigenvalue weighted by Crippen LogP contribution is -2.25. The molecule has 4 heteroatoms. The highest BCUT2D eigenvalue weighted by Crippen LogP contribution is 2.63. The number of fused-ring (bicyclic) bond motifs is 15. The van der Waals surface area contributed by atoms with Crippen LogP contribution in [0.2, 0.25) is 0 Å². The molecule has 0 unspecified atom stereocenters. The zero-order valence-corrected chi connectivity index (χ0v) is 36.2. The van der Waals surface area contributed by atoms with Crippen LogP contribution < -0.4 is 0 Å². The lowest BCUT2D eigenvalue weighted by Gasteiger charge is -2.30. The highest BCUT2D eigenvalue weighted by atomic mass is 14.9. The minimum Gasteiger partial charge on any atom is -0.248 e. The van der Waals surface area contributed by atoms with E-state index in [0.29, 0.717) is 5.82 Å². The van der Waals surface area contributed by atoms with Gasteiger partial charge in [0, 0.05) is 32.8 Å². The topological polar surface area (TPSA) is 51.6 Å². The first kappa shape index (κ1) is 37.5. The molecule has 0 radical (unpaired) electrons.